The van der Waals surface area contributed by atoms with Crippen LogP contribution in [0.1, 0.15) is 36.2 Å². The van der Waals surface area contributed by atoms with Gasteiger partial charge in [-0.05, 0) is 43.2 Å². The molecule has 2 rings (SSSR count). The minimum absolute atomic E-state index is 0.135. The number of hydrogen-bond acceptors (Lipinski definition) is 4. The molecular weight excluding hydrogens is 318 g/mol. The molecule has 0 spiro atoms. The first-order valence-corrected chi connectivity index (χ1v) is 8.24. The van der Waals surface area contributed by atoms with E-state index in [0.29, 0.717) is 22.7 Å². The van der Waals surface area contributed by atoms with Crippen LogP contribution in [0.2, 0.25) is 0 Å². The van der Waals surface area contributed by atoms with Crippen molar-refractivity contribution < 1.29 is 19.1 Å². The number of benzene rings is 2. The standard InChI is InChI=1S/C20H23NO4/c1-4-5-15-6-8-16(9-7-15)21-20(23)13-25-19-12-17(24-3)10-11-18(19)14(2)22/h6-12H,4-5,13H2,1-3H3,(H,21,23). The first-order chi connectivity index (χ1) is 12.0. The second-order valence-corrected chi connectivity index (χ2v) is 5.70. The highest BCUT2D eigenvalue weighted by Crippen LogP contribution is 2.25. The van der Waals surface area contributed by atoms with Crippen LogP contribution in [0, 0.1) is 0 Å². The van der Waals surface area contributed by atoms with E-state index in [1.54, 1.807) is 18.2 Å². The molecular formula is C20H23NO4. The van der Waals surface area contributed by atoms with Crippen molar-refractivity contribution in [1.29, 1.82) is 0 Å². The summed E-state index contributed by atoms with van der Waals surface area (Å²) < 4.78 is 10.7. The van der Waals surface area contributed by atoms with Gasteiger partial charge in [0.25, 0.3) is 5.91 Å². The Hall–Kier alpha value is -2.82. The summed E-state index contributed by atoms with van der Waals surface area (Å²) in [5, 5.41) is 2.78. The maximum atomic E-state index is 12.1. The van der Waals surface area contributed by atoms with Gasteiger partial charge in [-0.25, -0.2) is 0 Å². The SMILES string of the molecule is CCCc1ccc(NC(=O)COc2cc(OC)ccc2C(C)=O)cc1. The van der Waals surface area contributed by atoms with Gasteiger partial charge in [0.15, 0.2) is 12.4 Å². The first kappa shape index (κ1) is 18.5. The van der Waals surface area contributed by atoms with E-state index < -0.39 is 0 Å². The third-order valence-electron chi connectivity index (χ3n) is 3.70. The number of Topliss-reactive ketones (excluding diaryl/α,β-unsaturated/α-hetero) is 1. The fraction of sp³-hybridized carbons (Fsp3) is 0.300. The number of methoxy groups -OCH3 is 1. The zero-order chi connectivity index (χ0) is 18.2. The van der Waals surface area contributed by atoms with Gasteiger partial charge in [-0.2, -0.15) is 0 Å². The number of rotatable bonds is 8. The van der Waals surface area contributed by atoms with E-state index in [1.807, 2.05) is 24.3 Å². The first-order valence-electron chi connectivity index (χ1n) is 8.24. The Balaban J connectivity index is 1.98. The molecule has 0 bridgehead atoms. The summed E-state index contributed by atoms with van der Waals surface area (Å²) in [6.07, 6.45) is 2.10. The van der Waals surface area contributed by atoms with Crippen molar-refractivity contribution in [2.75, 3.05) is 19.0 Å². The van der Waals surface area contributed by atoms with Gasteiger partial charge in [-0.3, -0.25) is 9.59 Å². The highest BCUT2D eigenvalue weighted by molar-refractivity contribution is 5.97. The average molecular weight is 341 g/mol. The summed E-state index contributed by atoms with van der Waals surface area (Å²) in [5.41, 5.74) is 2.36. The third kappa shape index (κ3) is 5.35. The molecule has 0 radical (unpaired) electrons. The van der Waals surface area contributed by atoms with Crippen LogP contribution in [0.5, 0.6) is 11.5 Å². The van der Waals surface area contributed by atoms with Crippen molar-refractivity contribution in [2.24, 2.45) is 0 Å². The van der Waals surface area contributed by atoms with Gasteiger partial charge in [0, 0.05) is 11.8 Å². The Labute approximate surface area is 148 Å². The Bertz CT molecular complexity index is 738. The van der Waals surface area contributed by atoms with E-state index in [-0.39, 0.29) is 18.3 Å². The molecule has 0 heterocycles. The van der Waals surface area contributed by atoms with Crippen LogP contribution in [-0.2, 0) is 11.2 Å². The molecule has 0 aliphatic heterocycles. The summed E-state index contributed by atoms with van der Waals surface area (Å²) in [6, 6.07) is 12.6. The lowest BCUT2D eigenvalue weighted by atomic mass is 10.1. The van der Waals surface area contributed by atoms with Gasteiger partial charge < -0.3 is 14.8 Å². The van der Waals surface area contributed by atoms with E-state index in [2.05, 4.69) is 12.2 Å². The number of carbonyl (C=O) groups excluding carboxylic acids is 2. The predicted octanol–water partition coefficient (Wildman–Crippen LogP) is 3.87. The summed E-state index contributed by atoms with van der Waals surface area (Å²) in [4.78, 5) is 23.7. The number of ketones is 1. The van der Waals surface area contributed by atoms with Crippen LogP contribution in [-0.4, -0.2) is 25.4 Å². The lowest BCUT2D eigenvalue weighted by Gasteiger charge is -2.12. The Kier molecular flexibility index (Phi) is 6.57. The molecule has 0 aliphatic rings. The lowest BCUT2D eigenvalue weighted by Crippen LogP contribution is -2.20. The number of ether oxygens (including phenoxy) is 2. The smallest absolute Gasteiger partial charge is 0.262 e. The number of aryl methyl sites for hydroxylation is 1. The van der Waals surface area contributed by atoms with Gasteiger partial charge in [0.2, 0.25) is 0 Å². The summed E-state index contributed by atoms with van der Waals surface area (Å²) in [6.45, 7) is 3.39. The van der Waals surface area contributed by atoms with Gasteiger partial charge in [-0.1, -0.05) is 25.5 Å². The monoisotopic (exact) mass is 341 g/mol. The van der Waals surface area contributed by atoms with Crippen molar-refractivity contribution in [1.82, 2.24) is 0 Å². The normalized spacial score (nSPS) is 10.2. The fourth-order valence-electron chi connectivity index (χ4n) is 2.42. The van der Waals surface area contributed by atoms with Gasteiger partial charge in [0.1, 0.15) is 11.5 Å². The molecule has 2 aromatic carbocycles. The number of nitrogens with one attached hydrogen (secondary N) is 1. The molecule has 0 saturated heterocycles. The van der Waals surface area contributed by atoms with Crippen LogP contribution in [0.4, 0.5) is 5.69 Å². The molecule has 0 saturated carbocycles. The predicted molar refractivity (Wildman–Crippen MR) is 97.6 cm³/mol. The zero-order valence-corrected chi connectivity index (χ0v) is 14.8. The number of anilines is 1. The third-order valence-corrected chi connectivity index (χ3v) is 3.70. The van der Waals surface area contributed by atoms with Crippen LogP contribution in [0.15, 0.2) is 42.5 Å². The molecule has 5 nitrogen and oxygen atoms in total. The molecule has 0 unspecified atom stereocenters. The van der Waals surface area contributed by atoms with Gasteiger partial charge in [0.05, 0.1) is 12.7 Å². The Morgan fingerprint density at radius 3 is 2.40 bits per heavy atom. The molecule has 0 fully saturated rings. The topological polar surface area (TPSA) is 64.6 Å². The quantitative estimate of drug-likeness (QED) is 0.740. The Morgan fingerprint density at radius 1 is 1.08 bits per heavy atom. The number of carbonyl (C=O) groups is 2. The van der Waals surface area contributed by atoms with E-state index >= 15 is 0 Å². The maximum absolute atomic E-state index is 12.1. The molecule has 5 heteroatoms. The van der Waals surface area contributed by atoms with Crippen molar-refractivity contribution >= 4 is 17.4 Å². The number of amides is 1. The molecule has 0 aromatic heterocycles. The van der Waals surface area contributed by atoms with Crippen LogP contribution in [0.25, 0.3) is 0 Å². The molecule has 0 aliphatic carbocycles. The van der Waals surface area contributed by atoms with Crippen LogP contribution >= 0.6 is 0 Å². The zero-order valence-electron chi connectivity index (χ0n) is 14.8. The minimum atomic E-state index is -0.291. The summed E-state index contributed by atoms with van der Waals surface area (Å²) in [5.74, 6) is 0.470. The second kappa shape index (κ2) is 8.87. The van der Waals surface area contributed by atoms with Crippen molar-refractivity contribution in [3.8, 4) is 11.5 Å². The van der Waals surface area contributed by atoms with E-state index in [1.165, 1.54) is 19.6 Å². The van der Waals surface area contributed by atoms with Crippen molar-refractivity contribution in [2.45, 2.75) is 26.7 Å². The lowest BCUT2D eigenvalue weighted by molar-refractivity contribution is -0.118. The maximum Gasteiger partial charge on any atom is 0.262 e. The average Bonchev–Trinajstić information content (AvgIpc) is 2.61. The van der Waals surface area contributed by atoms with Crippen molar-refractivity contribution in [3.63, 3.8) is 0 Å². The van der Waals surface area contributed by atoms with Gasteiger partial charge >= 0.3 is 0 Å². The molecule has 25 heavy (non-hydrogen) atoms. The van der Waals surface area contributed by atoms with E-state index in [0.717, 1.165) is 12.8 Å². The molecule has 2 aromatic rings. The molecule has 0 atom stereocenters. The van der Waals surface area contributed by atoms with Crippen LogP contribution in [0.3, 0.4) is 0 Å². The molecule has 1 amide bonds. The highest BCUT2D eigenvalue weighted by Gasteiger charge is 2.12. The fourth-order valence-corrected chi connectivity index (χ4v) is 2.42. The summed E-state index contributed by atoms with van der Waals surface area (Å²) >= 11 is 0. The number of hydrogen-bond donors (Lipinski definition) is 1. The molecule has 132 valence electrons. The van der Waals surface area contributed by atoms with Crippen LogP contribution < -0.4 is 14.8 Å². The minimum Gasteiger partial charge on any atom is -0.497 e. The van der Waals surface area contributed by atoms with E-state index in [4.69, 9.17) is 9.47 Å². The van der Waals surface area contributed by atoms with Crippen molar-refractivity contribution in [3.05, 3.63) is 53.6 Å². The summed E-state index contributed by atoms with van der Waals surface area (Å²) in [7, 11) is 1.53. The Morgan fingerprint density at radius 2 is 1.80 bits per heavy atom. The van der Waals surface area contributed by atoms with Gasteiger partial charge in [-0.15, -0.1) is 0 Å². The molecule has 1 N–H and O–H groups in total. The van der Waals surface area contributed by atoms with E-state index in [9.17, 15) is 9.59 Å². The highest BCUT2D eigenvalue weighted by atomic mass is 16.5. The second-order valence-electron chi connectivity index (χ2n) is 5.70. The largest absolute Gasteiger partial charge is 0.497 e.